The minimum atomic E-state index is 0.425. The summed E-state index contributed by atoms with van der Waals surface area (Å²) in [6.45, 7) is 8.30. The first-order valence-electron chi connectivity index (χ1n) is 4.26. The lowest BCUT2D eigenvalue weighted by Crippen LogP contribution is -1.90. The highest BCUT2D eigenvalue weighted by Crippen LogP contribution is 2.32. The van der Waals surface area contributed by atoms with Gasteiger partial charge in [-0.3, -0.25) is 0 Å². The molecule has 0 saturated carbocycles. The molecule has 1 rings (SSSR count). The average molecular weight is 195 g/mol. The summed E-state index contributed by atoms with van der Waals surface area (Å²) >= 11 is 1.70. The maximum atomic E-state index is 10.2. The molecule has 0 aliphatic heterocycles. The summed E-state index contributed by atoms with van der Waals surface area (Å²) in [6, 6.07) is 2.53. The first-order valence-corrected chi connectivity index (χ1v) is 5.07. The molecule has 0 saturated heterocycles. The van der Waals surface area contributed by atoms with E-state index in [1.807, 2.05) is 6.92 Å². The van der Waals surface area contributed by atoms with E-state index in [1.54, 1.807) is 11.3 Å². The summed E-state index contributed by atoms with van der Waals surface area (Å²) < 4.78 is 0. The molecule has 0 spiro atoms. The van der Waals surface area contributed by atoms with Crippen LogP contribution in [-0.4, -0.2) is 0 Å². The molecule has 0 N–H and O–H groups in total. The van der Waals surface area contributed by atoms with Crippen LogP contribution in [0.25, 0.3) is 5.01 Å². The first-order chi connectivity index (χ1) is 6.07. The van der Waals surface area contributed by atoms with Crippen molar-refractivity contribution in [1.29, 1.82) is 0 Å². The van der Waals surface area contributed by atoms with Crippen molar-refractivity contribution >= 4 is 11.3 Å². The molecule has 0 atom stereocenters. The third-order valence-electron chi connectivity index (χ3n) is 2.04. The highest BCUT2D eigenvalue weighted by molar-refractivity contribution is 7.12. The largest absolute Gasteiger partial charge is 0.498 e. The van der Waals surface area contributed by atoms with Crippen molar-refractivity contribution in [2.75, 3.05) is 0 Å². The van der Waals surface area contributed by atoms with Crippen molar-refractivity contribution in [3.8, 4) is 6.07 Å². The monoisotopic (exact) mass is 195 g/mol. The standard InChI is InChI=1S/C10H13NOS/c1-6(2)10-8(4)13-7(3)9(10)5-11-12/h6H,1-4H3. The van der Waals surface area contributed by atoms with Gasteiger partial charge < -0.3 is 5.21 Å². The van der Waals surface area contributed by atoms with Crippen LogP contribution in [0.1, 0.15) is 40.6 Å². The van der Waals surface area contributed by atoms with Crippen LogP contribution in [0.2, 0.25) is 0 Å². The Balaban J connectivity index is 3.34. The molecule has 0 unspecified atom stereocenters. The Morgan fingerprint density at radius 1 is 1.31 bits per heavy atom. The number of rotatable bonds is 1. The summed E-state index contributed by atoms with van der Waals surface area (Å²) in [5.41, 5.74) is 2.11. The molecule has 0 amide bonds. The molecule has 2 nitrogen and oxygen atoms in total. The smallest absolute Gasteiger partial charge is 0.338 e. The summed E-state index contributed by atoms with van der Waals surface area (Å²) in [5.74, 6) is 0.425. The second-order valence-electron chi connectivity index (χ2n) is 3.36. The van der Waals surface area contributed by atoms with E-state index >= 15 is 0 Å². The molecule has 0 fully saturated rings. The molecular weight excluding hydrogens is 182 g/mol. The molecule has 1 aromatic rings. The van der Waals surface area contributed by atoms with Crippen molar-refractivity contribution in [3.63, 3.8) is 0 Å². The van der Waals surface area contributed by atoms with E-state index in [2.05, 4.69) is 31.8 Å². The Kier molecular flexibility index (Phi) is 2.94. The molecule has 0 bridgehead atoms. The van der Waals surface area contributed by atoms with Crippen molar-refractivity contribution in [2.24, 2.45) is 0 Å². The second-order valence-corrected chi connectivity index (χ2v) is 4.79. The zero-order valence-corrected chi connectivity index (χ0v) is 9.16. The van der Waals surface area contributed by atoms with Gasteiger partial charge in [0.25, 0.3) is 0 Å². The topological polar surface area (TPSA) is 27.4 Å². The molecule has 13 heavy (non-hydrogen) atoms. The fourth-order valence-corrected chi connectivity index (χ4v) is 2.75. The first kappa shape index (κ1) is 10.1. The third-order valence-corrected chi connectivity index (χ3v) is 3.08. The van der Waals surface area contributed by atoms with Crippen LogP contribution in [0, 0.1) is 25.1 Å². The highest BCUT2D eigenvalue weighted by Gasteiger charge is 2.17. The van der Waals surface area contributed by atoms with E-state index in [4.69, 9.17) is 0 Å². The molecule has 3 heteroatoms. The lowest BCUT2D eigenvalue weighted by Gasteiger charge is -2.02. The normalized spacial score (nSPS) is 9.92. The highest BCUT2D eigenvalue weighted by atomic mass is 32.1. The van der Waals surface area contributed by atoms with Crippen LogP contribution < -0.4 is 0 Å². The van der Waals surface area contributed by atoms with Crippen molar-refractivity contribution in [2.45, 2.75) is 33.6 Å². The Bertz CT molecular complexity index is 368. The van der Waals surface area contributed by atoms with Gasteiger partial charge in [-0.2, -0.15) is 0 Å². The molecule has 0 radical (unpaired) electrons. The van der Waals surface area contributed by atoms with Crippen molar-refractivity contribution < 1.29 is 0 Å². The number of thiophene rings is 1. The van der Waals surface area contributed by atoms with Crippen molar-refractivity contribution in [1.82, 2.24) is 0 Å². The number of hydrogen-bond acceptors (Lipinski definition) is 2. The van der Waals surface area contributed by atoms with Crippen LogP contribution in [0.4, 0.5) is 0 Å². The summed E-state index contributed by atoms with van der Waals surface area (Å²) in [7, 11) is 0. The molecular formula is C10H13NOS. The molecule has 1 heterocycles. The molecule has 0 aliphatic carbocycles. The molecule has 0 aliphatic rings. The molecule has 1 aromatic heterocycles. The minimum absolute atomic E-state index is 0.425. The predicted octanol–water partition coefficient (Wildman–Crippen LogP) is 3.67. The molecule has 0 aromatic carbocycles. The van der Waals surface area contributed by atoms with Gasteiger partial charge in [-0.05, 0) is 25.3 Å². The second kappa shape index (κ2) is 3.80. The lowest BCUT2D eigenvalue weighted by atomic mass is 9.99. The van der Waals surface area contributed by atoms with Gasteiger partial charge in [-0.25, -0.2) is 0 Å². The Morgan fingerprint density at radius 2 is 1.92 bits per heavy atom. The fourth-order valence-electron chi connectivity index (χ4n) is 1.58. The Morgan fingerprint density at radius 3 is 2.38 bits per heavy atom. The van der Waals surface area contributed by atoms with Gasteiger partial charge in [0.2, 0.25) is 0 Å². The number of aryl methyl sites for hydroxylation is 2. The lowest BCUT2D eigenvalue weighted by molar-refractivity contribution is 0.860. The van der Waals surface area contributed by atoms with Crippen LogP contribution in [-0.2, 0) is 0 Å². The van der Waals surface area contributed by atoms with Gasteiger partial charge in [0.1, 0.15) is 5.56 Å². The van der Waals surface area contributed by atoms with E-state index in [1.165, 1.54) is 10.4 Å². The predicted molar refractivity (Wildman–Crippen MR) is 57.6 cm³/mol. The van der Waals surface area contributed by atoms with Gasteiger partial charge in [0.15, 0.2) is 0 Å². The average Bonchev–Trinajstić information content (AvgIpc) is 2.27. The molecule has 70 valence electrons. The van der Waals surface area contributed by atoms with Crippen LogP contribution in [0.3, 0.4) is 0 Å². The number of hydrogen-bond donors (Lipinski definition) is 0. The zero-order valence-electron chi connectivity index (χ0n) is 8.34. The van der Waals surface area contributed by atoms with E-state index in [9.17, 15) is 5.21 Å². The van der Waals surface area contributed by atoms with E-state index in [-0.39, 0.29) is 0 Å². The summed E-state index contributed by atoms with van der Waals surface area (Å²) in [5, 5.41) is 12.9. The third kappa shape index (κ3) is 1.84. The zero-order chi connectivity index (χ0) is 10.0. The van der Waals surface area contributed by atoms with Crippen molar-refractivity contribution in [3.05, 3.63) is 31.1 Å². The van der Waals surface area contributed by atoms with Gasteiger partial charge in [0.05, 0.1) is 0 Å². The van der Waals surface area contributed by atoms with Gasteiger partial charge in [-0.1, -0.05) is 13.8 Å². The maximum absolute atomic E-state index is 10.2. The maximum Gasteiger partial charge on any atom is 0.338 e. The van der Waals surface area contributed by atoms with Gasteiger partial charge in [-0.15, -0.1) is 11.3 Å². The van der Waals surface area contributed by atoms with E-state index < -0.39 is 0 Å². The quantitative estimate of drug-likeness (QED) is 0.628. The minimum Gasteiger partial charge on any atom is -0.498 e. The van der Waals surface area contributed by atoms with Crippen LogP contribution >= 0.6 is 11.3 Å². The van der Waals surface area contributed by atoms with Crippen LogP contribution in [0.15, 0.2) is 0 Å². The SMILES string of the molecule is Cc1sc(C)c(C(C)C)c1C#[N+][O-]. The van der Waals surface area contributed by atoms with E-state index in [0.29, 0.717) is 5.92 Å². The Labute approximate surface area is 82.6 Å². The van der Waals surface area contributed by atoms with Gasteiger partial charge in [0, 0.05) is 14.8 Å². The fraction of sp³-hybridized carbons (Fsp3) is 0.500. The Hall–Kier alpha value is -1.01. The summed E-state index contributed by atoms with van der Waals surface area (Å²) in [4.78, 5) is 2.39. The number of nitrogens with zero attached hydrogens (tertiary/aromatic N) is 1. The summed E-state index contributed by atoms with van der Waals surface area (Å²) in [6.07, 6.45) is 0. The van der Waals surface area contributed by atoms with Crippen LogP contribution in [0.5, 0.6) is 0 Å². The van der Waals surface area contributed by atoms with E-state index in [0.717, 1.165) is 10.4 Å². The van der Waals surface area contributed by atoms with Gasteiger partial charge >= 0.3 is 6.07 Å².